The molecule has 0 spiro atoms. The summed E-state index contributed by atoms with van der Waals surface area (Å²) in [5.41, 5.74) is 0. The highest BCUT2D eigenvalue weighted by molar-refractivity contribution is 5.80. The Hall–Kier alpha value is -0.370. The van der Waals surface area contributed by atoms with Crippen molar-refractivity contribution >= 4 is 5.78 Å². The van der Waals surface area contributed by atoms with Gasteiger partial charge in [0.25, 0.3) is 0 Å². The lowest BCUT2D eigenvalue weighted by molar-refractivity contribution is -0.122. The number of nitrogens with one attached hydrogen (secondary N) is 1. The Kier molecular flexibility index (Phi) is 9.91. The Balaban J connectivity index is 3.38. The Morgan fingerprint density at radius 1 is 1.13 bits per heavy atom. The van der Waals surface area contributed by atoms with E-state index in [4.69, 9.17) is 0 Å². The molecule has 0 aromatic heterocycles. The lowest BCUT2D eigenvalue weighted by atomic mass is 10.0. The molecule has 0 aromatic carbocycles. The summed E-state index contributed by atoms with van der Waals surface area (Å²) in [5, 5.41) is 3.22. The van der Waals surface area contributed by atoms with Crippen molar-refractivity contribution < 1.29 is 4.79 Å². The molecule has 0 heterocycles. The second-order valence-corrected chi connectivity index (χ2v) is 4.34. The first kappa shape index (κ1) is 14.6. The van der Waals surface area contributed by atoms with Crippen LogP contribution in [0.3, 0.4) is 0 Å². The molecule has 0 aromatic rings. The van der Waals surface area contributed by atoms with Gasteiger partial charge in [-0.3, -0.25) is 4.79 Å². The third-order valence-corrected chi connectivity index (χ3v) is 2.78. The van der Waals surface area contributed by atoms with E-state index in [-0.39, 0.29) is 5.92 Å². The highest BCUT2D eigenvalue weighted by Gasteiger charge is 2.10. The average molecular weight is 213 g/mol. The van der Waals surface area contributed by atoms with Crippen molar-refractivity contribution in [2.24, 2.45) is 5.92 Å². The van der Waals surface area contributed by atoms with Crippen LogP contribution < -0.4 is 5.32 Å². The van der Waals surface area contributed by atoms with Crippen LogP contribution in [0.4, 0.5) is 0 Å². The fourth-order valence-electron chi connectivity index (χ4n) is 1.62. The molecule has 0 aliphatic carbocycles. The summed E-state index contributed by atoms with van der Waals surface area (Å²) in [6.45, 7) is 8.10. The third-order valence-electron chi connectivity index (χ3n) is 2.78. The summed E-state index contributed by atoms with van der Waals surface area (Å²) in [6, 6.07) is 0. The van der Waals surface area contributed by atoms with Crippen molar-refractivity contribution in [1.82, 2.24) is 5.32 Å². The molecular weight excluding hydrogens is 186 g/mol. The molecule has 1 atom stereocenters. The monoisotopic (exact) mass is 213 g/mol. The van der Waals surface area contributed by atoms with Gasteiger partial charge in [0.05, 0.1) is 0 Å². The molecular formula is C13H27NO. The summed E-state index contributed by atoms with van der Waals surface area (Å²) in [4.78, 5) is 11.6. The molecule has 15 heavy (non-hydrogen) atoms. The normalized spacial score (nSPS) is 12.7. The molecule has 1 N–H and O–H groups in total. The van der Waals surface area contributed by atoms with Crippen LogP contribution in [0.5, 0.6) is 0 Å². The molecule has 0 saturated heterocycles. The van der Waals surface area contributed by atoms with Crippen LogP contribution >= 0.6 is 0 Å². The van der Waals surface area contributed by atoms with Gasteiger partial charge in [0.15, 0.2) is 0 Å². The molecule has 0 saturated carbocycles. The maximum absolute atomic E-state index is 11.6. The summed E-state index contributed by atoms with van der Waals surface area (Å²) >= 11 is 0. The maximum Gasteiger partial charge on any atom is 0.136 e. The standard InChI is InChI=1S/C13H27NO/c1-4-6-7-8-9-10-13(15)12(3)11-14-5-2/h12,14H,4-11H2,1-3H3. The highest BCUT2D eigenvalue weighted by atomic mass is 16.1. The van der Waals surface area contributed by atoms with Crippen LogP contribution in [0, 0.1) is 5.92 Å². The van der Waals surface area contributed by atoms with Crippen LogP contribution in [0.25, 0.3) is 0 Å². The number of ketones is 1. The minimum atomic E-state index is 0.191. The van der Waals surface area contributed by atoms with E-state index in [0.29, 0.717) is 5.78 Å². The van der Waals surface area contributed by atoms with E-state index in [1.54, 1.807) is 0 Å². The number of hydrogen-bond donors (Lipinski definition) is 1. The lowest BCUT2D eigenvalue weighted by Gasteiger charge is -2.10. The van der Waals surface area contributed by atoms with Crippen molar-refractivity contribution in [3.63, 3.8) is 0 Å². The van der Waals surface area contributed by atoms with Gasteiger partial charge in [0.2, 0.25) is 0 Å². The molecule has 0 fully saturated rings. The van der Waals surface area contributed by atoms with Gasteiger partial charge in [-0.05, 0) is 13.0 Å². The summed E-state index contributed by atoms with van der Waals surface area (Å²) < 4.78 is 0. The number of rotatable bonds is 10. The predicted octanol–water partition coefficient (Wildman–Crippen LogP) is 3.16. The van der Waals surface area contributed by atoms with Crippen LogP contribution in [-0.2, 0) is 4.79 Å². The zero-order valence-corrected chi connectivity index (χ0v) is 10.6. The van der Waals surface area contributed by atoms with Gasteiger partial charge in [-0.2, -0.15) is 0 Å². The fraction of sp³-hybridized carbons (Fsp3) is 0.923. The Bertz CT molecular complexity index is 157. The van der Waals surface area contributed by atoms with Crippen LogP contribution in [0.2, 0.25) is 0 Å². The third kappa shape index (κ3) is 8.61. The van der Waals surface area contributed by atoms with Crippen LogP contribution in [0.1, 0.15) is 59.3 Å². The molecule has 0 bridgehead atoms. The second-order valence-electron chi connectivity index (χ2n) is 4.34. The predicted molar refractivity (Wildman–Crippen MR) is 66.1 cm³/mol. The molecule has 0 aliphatic heterocycles. The molecule has 0 amide bonds. The maximum atomic E-state index is 11.6. The van der Waals surface area contributed by atoms with Crippen molar-refractivity contribution in [2.75, 3.05) is 13.1 Å². The van der Waals surface area contributed by atoms with Crippen molar-refractivity contribution in [3.05, 3.63) is 0 Å². The first-order valence-corrected chi connectivity index (χ1v) is 6.45. The second kappa shape index (κ2) is 10.2. The Morgan fingerprint density at radius 2 is 1.80 bits per heavy atom. The molecule has 0 rings (SSSR count). The van der Waals surface area contributed by atoms with Gasteiger partial charge in [0, 0.05) is 18.9 Å². The first-order valence-electron chi connectivity index (χ1n) is 6.45. The van der Waals surface area contributed by atoms with Gasteiger partial charge >= 0.3 is 0 Å². The molecule has 1 unspecified atom stereocenters. The van der Waals surface area contributed by atoms with E-state index in [1.807, 2.05) is 6.92 Å². The minimum Gasteiger partial charge on any atom is -0.316 e. The molecule has 90 valence electrons. The number of carbonyl (C=O) groups excluding carboxylic acids is 1. The smallest absolute Gasteiger partial charge is 0.136 e. The topological polar surface area (TPSA) is 29.1 Å². The molecule has 2 nitrogen and oxygen atoms in total. The van der Waals surface area contributed by atoms with Crippen molar-refractivity contribution in [3.8, 4) is 0 Å². The average Bonchev–Trinajstić information content (AvgIpc) is 2.25. The van der Waals surface area contributed by atoms with Crippen LogP contribution in [0.15, 0.2) is 0 Å². The number of carbonyl (C=O) groups is 1. The lowest BCUT2D eigenvalue weighted by Crippen LogP contribution is -2.26. The van der Waals surface area contributed by atoms with E-state index in [2.05, 4.69) is 19.2 Å². The van der Waals surface area contributed by atoms with E-state index >= 15 is 0 Å². The Morgan fingerprint density at radius 3 is 2.40 bits per heavy atom. The quantitative estimate of drug-likeness (QED) is 0.565. The van der Waals surface area contributed by atoms with Crippen LogP contribution in [-0.4, -0.2) is 18.9 Å². The SMILES string of the molecule is CCCCCCCC(=O)C(C)CNCC. The zero-order chi connectivity index (χ0) is 11.5. The zero-order valence-electron chi connectivity index (χ0n) is 10.6. The Labute approximate surface area is 94.8 Å². The van der Waals surface area contributed by atoms with Gasteiger partial charge < -0.3 is 5.32 Å². The summed E-state index contributed by atoms with van der Waals surface area (Å²) in [5.74, 6) is 0.614. The largest absolute Gasteiger partial charge is 0.316 e. The number of unbranched alkanes of at least 4 members (excludes halogenated alkanes) is 4. The van der Waals surface area contributed by atoms with Gasteiger partial charge in [0.1, 0.15) is 5.78 Å². The van der Waals surface area contributed by atoms with E-state index < -0.39 is 0 Å². The number of Topliss-reactive ketones (excluding diaryl/α,β-unsaturated/α-hetero) is 1. The first-order chi connectivity index (χ1) is 7.22. The van der Waals surface area contributed by atoms with E-state index in [9.17, 15) is 4.79 Å². The minimum absolute atomic E-state index is 0.191. The molecule has 2 heteroatoms. The van der Waals surface area contributed by atoms with E-state index in [1.165, 1.54) is 25.7 Å². The summed E-state index contributed by atoms with van der Waals surface area (Å²) in [6.07, 6.45) is 6.93. The van der Waals surface area contributed by atoms with Gasteiger partial charge in [-0.15, -0.1) is 0 Å². The van der Waals surface area contributed by atoms with Crippen molar-refractivity contribution in [2.45, 2.75) is 59.3 Å². The fourth-order valence-corrected chi connectivity index (χ4v) is 1.62. The number of hydrogen-bond acceptors (Lipinski definition) is 2. The summed E-state index contributed by atoms with van der Waals surface area (Å²) in [7, 11) is 0. The molecule has 0 aliphatic rings. The molecule has 0 radical (unpaired) electrons. The van der Waals surface area contributed by atoms with Gasteiger partial charge in [-0.1, -0.05) is 46.5 Å². The highest BCUT2D eigenvalue weighted by Crippen LogP contribution is 2.08. The van der Waals surface area contributed by atoms with Gasteiger partial charge in [-0.25, -0.2) is 0 Å². The van der Waals surface area contributed by atoms with Crippen molar-refractivity contribution in [1.29, 1.82) is 0 Å². The van der Waals surface area contributed by atoms with E-state index in [0.717, 1.165) is 25.9 Å².